The van der Waals surface area contributed by atoms with E-state index in [0.29, 0.717) is 34.4 Å². The van der Waals surface area contributed by atoms with Crippen molar-refractivity contribution in [1.29, 1.82) is 0 Å². The molecule has 5 nitrogen and oxygen atoms in total. The molecule has 32 heavy (non-hydrogen) atoms. The molecule has 0 spiro atoms. The maximum atomic E-state index is 13.5. The first-order chi connectivity index (χ1) is 15.5. The number of amides is 1. The van der Waals surface area contributed by atoms with Crippen LogP contribution >= 0.6 is 0 Å². The largest absolute Gasteiger partial charge is 0.340 e. The maximum Gasteiger partial charge on any atom is 0.255 e. The van der Waals surface area contributed by atoms with Crippen LogP contribution in [-0.4, -0.2) is 15.9 Å². The van der Waals surface area contributed by atoms with Crippen LogP contribution in [0.4, 0.5) is 21.6 Å². The van der Waals surface area contributed by atoms with E-state index < -0.39 is 0 Å². The van der Waals surface area contributed by atoms with Crippen LogP contribution in [0.3, 0.4) is 0 Å². The maximum absolute atomic E-state index is 13.5. The Hall–Kier alpha value is -4.06. The Morgan fingerprint density at radius 3 is 2.44 bits per heavy atom. The molecule has 0 saturated heterocycles. The number of rotatable bonds is 6. The fourth-order valence-corrected chi connectivity index (χ4v) is 3.24. The van der Waals surface area contributed by atoms with Crippen LogP contribution < -0.4 is 10.6 Å². The first kappa shape index (κ1) is 21.2. The van der Waals surface area contributed by atoms with Gasteiger partial charge in [-0.2, -0.15) is 0 Å². The zero-order valence-corrected chi connectivity index (χ0v) is 17.8. The molecule has 0 unspecified atom stereocenters. The lowest BCUT2D eigenvalue weighted by Gasteiger charge is -2.10. The number of benzene rings is 3. The van der Waals surface area contributed by atoms with Crippen LogP contribution in [0.5, 0.6) is 0 Å². The molecule has 4 aromatic rings. The van der Waals surface area contributed by atoms with E-state index in [2.05, 4.69) is 34.4 Å². The summed E-state index contributed by atoms with van der Waals surface area (Å²) in [6.07, 6.45) is 1.60. The lowest BCUT2D eigenvalue weighted by Crippen LogP contribution is -2.12. The quantitative estimate of drug-likeness (QED) is 0.374. The highest BCUT2D eigenvalue weighted by Gasteiger charge is 2.09. The van der Waals surface area contributed by atoms with E-state index in [1.54, 1.807) is 42.6 Å². The summed E-state index contributed by atoms with van der Waals surface area (Å²) >= 11 is 0. The number of nitrogens with one attached hydrogen (secondary N) is 2. The van der Waals surface area contributed by atoms with Gasteiger partial charge in [0, 0.05) is 28.7 Å². The lowest BCUT2D eigenvalue weighted by atomic mass is 10.0. The van der Waals surface area contributed by atoms with Gasteiger partial charge in [0.1, 0.15) is 11.6 Å². The third-order valence-corrected chi connectivity index (χ3v) is 4.97. The van der Waals surface area contributed by atoms with Crippen molar-refractivity contribution in [2.75, 3.05) is 10.6 Å². The van der Waals surface area contributed by atoms with Crippen molar-refractivity contribution >= 4 is 23.1 Å². The van der Waals surface area contributed by atoms with E-state index in [9.17, 15) is 9.18 Å². The highest BCUT2D eigenvalue weighted by molar-refractivity contribution is 6.04. The first-order valence-electron chi connectivity index (χ1n) is 10.4. The first-order valence-corrected chi connectivity index (χ1v) is 10.4. The van der Waals surface area contributed by atoms with Crippen LogP contribution in [0.1, 0.15) is 35.7 Å². The van der Waals surface area contributed by atoms with Crippen molar-refractivity contribution in [3.8, 4) is 11.4 Å². The minimum Gasteiger partial charge on any atom is -0.340 e. The average molecular weight is 426 g/mol. The molecule has 0 atom stereocenters. The second-order valence-corrected chi connectivity index (χ2v) is 7.71. The Labute approximate surface area is 186 Å². The van der Waals surface area contributed by atoms with E-state index >= 15 is 0 Å². The number of nitrogens with zero attached hydrogens (tertiary/aromatic N) is 2. The van der Waals surface area contributed by atoms with Gasteiger partial charge in [0.05, 0.1) is 0 Å². The van der Waals surface area contributed by atoms with Crippen molar-refractivity contribution in [3.63, 3.8) is 0 Å². The number of anilines is 3. The minimum absolute atomic E-state index is 0.200. The summed E-state index contributed by atoms with van der Waals surface area (Å²) in [6.45, 7) is 4.26. The second kappa shape index (κ2) is 9.39. The summed E-state index contributed by atoms with van der Waals surface area (Å²) in [7, 11) is 0. The predicted octanol–water partition coefficient (Wildman–Crippen LogP) is 6.40. The zero-order valence-electron chi connectivity index (χ0n) is 17.8. The Kier molecular flexibility index (Phi) is 6.22. The second-order valence-electron chi connectivity index (χ2n) is 7.71. The molecule has 3 aromatic carbocycles. The van der Waals surface area contributed by atoms with Gasteiger partial charge >= 0.3 is 0 Å². The van der Waals surface area contributed by atoms with Gasteiger partial charge in [0.25, 0.3) is 5.91 Å². The molecule has 1 aromatic heterocycles. The molecule has 0 fully saturated rings. The smallest absolute Gasteiger partial charge is 0.255 e. The molecule has 0 aliphatic heterocycles. The number of carbonyl (C=O) groups excluding carboxylic acids is 1. The van der Waals surface area contributed by atoms with Crippen molar-refractivity contribution in [2.24, 2.45) is 0 Å². The molecule has 6 heteroatoms. The minimum atomic E-state index is -0.345. The molecule has 0 saturated carbocycles. The highest BCUT2D eigenvalue weighted by Crippen LogP contribution is 2.22. The van der Waals surface area contributed by atoms with Crippen LogP contribution in [0.15, 0.2) is 85.1 Å². The van der Waals surface area contributed by atoms with Crippen molar-refractivity contribution in [3.05, 3.63) is 102 Å². The van der Waals surface area contributed by atoms with E-state index in [-0.39, 0.29) is 11.7 Å². The van der Waals surface area contributed by atoms with Gasteiger partial charge in [-0.05, 0) is 60.0 Å². The molecule has 0 radical (unpaired) electrons. The molecule has 0 bridgehead atoms. The Morgan fingerprint density at radius 2 is 1.69 bits per heavy atom. The monoisotopic (exact) mass is 426 g/mol. The summed E-state index contributed by atoms with van der Waals surface area (Å²) in [6, 6.07) is 22.8. The van der Waals surface area contributed by atoms with E-state index in [1.165, 1.54) is 17.7 Å². The molecule has 0 aliphatic rings. The molecule has 2 N–H and O–H groups in total. The van der Waals surface area contributed by atoms with E-state index in [4.69, 9.17) is 0 Å². The Bertz CT molecular complexity index is 1240. The molecular formula is C26H23FN4O. The number of hydrogen-bond acceptors (Lipinski definition) is 4. The fraction of sp³-hybridized carbons (Fsp3) is 0.115. The number of halogens is 1. The van der Waals surface area contributed by atoms with Crippen molar-refractivity contribution in [1.82, 2.24) is 9.97 Å². The zero-order chi connectivity index (χ0) is 22.5. The SMILES string of the molecule is CC(C)c1ccc(NC(=O)c2cccc(Nc3ccnc(-c4cccc(F)c4)n3)c2)cc1. The van der Waals surface area contributed by atoms with Gasteiger partial charge in [0.2, 0.25) is 0 Å². The number of carbonyl (C=O) groups is 1. The molecule has 160 valence electrons. The summed E-state index contributed by atoms with van der Waals surface area (Å²) < 4.78 is 13.5. The van der Waals surface area contributed by atoms with Gasteiger partial charge in [-0.3, -0.25) is 4.79 Å². The van der Waals surface area contributed by atoms with Gasteiger partial charge in [-0.1, -0.05) is 44.2 Å². The summed E-state index contributed by atoms with van der Waals surface area (Å²) in [5.74, 6) is 0.844. The van der Waals surface area contributed by atoms with Gasteiger partial charge in [-0.25, -0.2) is 14.4 Å². The van der Waals surface area contributed by atoms with Crippen LogP contribution in [0, 0.1) is 5.82 Å². The van der Waals surface area contributed by atoms with E-state index in [0.717, 1.165) is 5.69 Å². The van der Waals surface area contributed by atoms with E-state index in [1.807, 2.05) is 30.3 Å². The van der Waals surface area contributed by atoms with Crippen LogP contribution in [0.2, 0.25) is 0 Å². The van der Waals surface area contributed by atoms with Crippen molar-refractivity contribution < 1.29 is 9.18 Å². The number of aromatic nitrogens is 2. The molecular weight excluding hydrogens is 403 g/mol. The van der Waals surface area contributed by atoms with Crippen LogP contribution in [0.25, 0.3) is 11.4 Å². The third kappa shape index (κ3) is 5.16. The Balaban J connectivity index is 1.48. The van der Waals surface area contributed by atoms with Gasteiger partial charge < -0.3 is 10.6 Å². The van der Waals surface area contributed by atoms with Gasteiger partial charge in [-0.15, -0.1) is 0 Å². The third-order valence-electron chi connectivity index (χ3n) is 4.97. The fourth-order valence-electron chi connectivity index (χ4n) is 3.24. The molecule has 0 aliphatic carbocycles. The molecule has 4 rings (SSSR count). The summed E-state index contributed by atoms with van der Waals surface area (Å²) in [5, 5.41) is 6.11. The molecule has 1 amide bonds. The summed E-state index contributed by atoms with van der Waals surface area (Å²) in [5.41, 5.74) is 3.77. The average Bonchev–Trinajstić information content (AvgIpc) is 2.80. The van der Waals surface area contributed by atoms with Crippen molar-refractivity contribution in [2.45, 2.75) is 19.8 Å². The van der Waals surface area contributed by atoms with Crippen LogP contribution in [-0.2, 0) is 0 Å². The predicted molar refractivity (Wildman–Crippen MR) is 126 cm³/mol. The number of hydrogen-bond donors (Lipinski definition) is 2. The summed E-state index contributed by atoms with van der Waals surface area (Å²) in [4.78, 5) is 21.4. The standard InChI is InChI=1S/C26H23FN4O/c1-17(2)18-9-11-22(12-10-18)30-26(32)20-6-4-8-23(16-20)29-24-13-14-28-25(31-24)19-5-3-7-21(27)15-19/h3-17H,1-2H3,(H,30,32)(H,28,29,31). The normalized spacial score (nSPS) is 10.8. The molecule has 1 heterocycles. The topological polar surface area (TPSA) is 66.9 Å². The Morgan fingerprint density at radius 1 is 0.906 bits per heavy atom. The highest BCUT2D eigenvalue weighted by atomic mass is 19.1. The van der Waals surface area contributed by atoms with Gasteiger partial charge in [0.15, 0.2) is 5.82 Å². The lowest BCUT2D eigenvalue weighted by molar-refractivity contribution is 0.102.